The van der Waals surface area contributed by atoms with Gasteiger partial charge in [0.15, 0.2) is 0 Å². The molecule has 0 aromatic heterocycles. The number of hydrogen-bond acceptors (Lipinski definition) is 4. The first-order valence-electron chi connectivity index (χ1n) is 5.71. The number of methoxy groups -OCH3 is 2. The normalized spacial score (nSPS) is 12.0. The molecule has 0 bridgehead atoms. The van der Waals surface area contributed by atoms with Crippen molar-refractivity contribution in [2.75, 3.05) is 14.2 Å². The molecule has 100 valence electrons. The summed E-state index contributed by atoms with van der Waals surface area (Å²) in [6, 6.07) is 5.47. The zero-order chi connectivity index (χ0) is 13.5. The number of nitrogens with two attached hydrogens (primary N) is 1. The highest BCUT2D eigenvalue weighted by molar-refractivity contribution is 6.32. The van der Waals surface area contributed by atoms with E-state index in [0.29, 0.717) is 30.0 Å². The number of halogens is 1. The molecule has 0 amide bonds. The van der Waals surface area contributed by atoms with Crippen molar-refractivity contribution in [1.29, 1.82) is 0 Å². The van der Waals surface area contributed by atoms with E-state index in [1.807, 2.05) is 18.2 Å². The molecule has 5 heteroatoms. The van der Waals surface area contributed by atoms with E-state index in [9.17, 15) is 4.79 Å². The predicted octanol–water partition coefficient (Wildman–Crippen LogP) is 2.17. The summed E-state index contributed by atoms with van der Waals surface area (Å²) in [5, 5.41) is 0.565. The van der Waals surface area contributed by atoms with Gasteiger partial charge in [-0.25, -0.2) is 0 Å². The Morgan fingerprint density at radius 2 is 2.17 bits per heavy atom. The molecular formula is C13H18ClNO3. The molecule has 0 aliphatic heterocycles. The highest BCUT2D eigenvalue weighted by atomic mass is 35.5. The Hall–Kier alpha value is -1.26. The molecule has 0 saturated carbocycles. The Kier molecular flexibility index (Phi) is 5.95. The molecule has 0 radical (unpaired) electrons. The number of hydrogen-bond donors (Lipinski definition) is 1. The van der Waals surface area contributed by atoms with E-state index < -0.39 is 0 Å². The molecule has 18 heavy (non-hydrogen) atoms. The number of ether oxygens (including phenoxy) is 2. The van der Waals surface area contributed by atoms with E-state index in [4.69, 9.17) is 22.1 Å². The maximum absolute atomic E-state index is 11.0. The van der Waals surface area contributed by atoms with Crippen LogP contribution >= 0.6 is 11.6 Å². The fourth-order valence-corrected chi connectivity index (χ4v) is 1.93. The van der Waals surface area contributed by atoms with E-state index in [1.54, 1.807) is 7.11 Å². The van der Waals surface area contributed by atoms with E-state index >= 15 is 0 Å². The topological polar surface area (TPSA) is 61.5 Å². The molecule has 0 aliphatic rings. The lowest BCUT2D eigenvalue weighted by atomic mass is 10.0. The van der Waals surface area contributed by atoms with Crippen LogP contribution in [0.1, 0.15) is 18.4 Å². The smallest absolute Gasteiger partial charge is 0.305 e. The molecule has 0 spiro atoms. The van der Waals surface area contributed by atoms with Gasteiger partial charge in [0.2, 0.25) is 0 Å². The lowest BCUT2D eigenvalue weighted by Crippen LogP contribution is -2.24. The SMILES string of the molecule is COC(=O)CCC(N)Cc1ccc(OC)c(Cl)c1. The van der Waals surface area contributed by atoms with E-state index in [-0.39, 0.29) is 12.0 Å². The van der Waals surface area contributed by atoms with Gasteiger partial charge in [-0.15, -0.1) is 0 Å². The highest BCUT2D eigenvalue weighted by Crippen LogP contribution is 2.25. The van der Waals surface area contributed by atoms with Crippen LogP contribution in [0.2, 0.25) is 5.02 Å². The van der Waals surface area contributed by atoms with Gasteiger partial charge in [-0.2, -0.15) is 0 Å². The summed E-state index contributed by atoms with van der Waals surface area (Å²) in [6.45, 7) is 0. The van der Waals surface area contributed by atoms with Crippen molar-refractivity contribution in [2.24, 2.45) is 5.73 Å². The van der Waals surface area contributed by atoms with Crippen LogP contribution in [-0.4, -0.2) is 26.2 Å². The summed E-state index contributed by atoms with van der Waals surface area (Å²) in [5.41, 5.74) is 6.97. The minimum atomic E-state index is -0.238. The van der Waals surface area contributed by atoms with Crippen molar-refractivity contribution < 1.29 is 14.3 Å². The van der Waals surface area contributed by atoms with Crippen molar-refractivity contribution in [1.82, 2.24) is 0 Å². The molecule has 1 rings (SSSR count). The summed E-state index contributed by atoms with van der Waals surface area (Å²) in [6.07, 6.45) is 1.60. The molecule has 2 N–H and O–H groups in total. The van der Waals surface area contributed by atoms with Crippen LogP contribution < -0.4 is 10.5 Å². The molecule has 4 nitrogen and oxygen atoms in total. The molecular weight excluding hydrogens is 254 g/mol. The van der Waals surface area contributed by atoms with Crippen LogP contribution in [0.4, 0.5) is 0 Å². The molecule has 1 atom stereocenters. The number of carbonyl (C=O) groups is 1. The van der Waals surface area contributed by atoms with Gasteiger partial charge in [0.1, 0.15) is 5.75 Å². The van der Waals surface area contributed by atoms with E-state index in [1.165, 1.54) is 7.11 Å². The summed E-state index contributed by atoms with van der Waals surface area (Å²) in [4.78, 5) is 11.0. The van der Waals surface area contributed by atoms with Crippen molar-refractivity contribution in [3.05, 3.63) is 28.8 Å². The van der Waals surface area contributed by atoms with Crippen LogP contribution in [0.25, 0.3) is 0 Å². The third-order valence-corrected chi connectivity index (χ3v) is 2.96. The maximum atomic E-state index is 11.0. The molecule has 0 saturated heterocycles. The second kappa shape index (κ2) is 7.24. The first-order chi connectivity index (χ1) is 8.56. The Balaban J connectivity index is 2.51. The van der Waals surface area contributed by atoms with Crippen molar-refractivity contribution >= 4 is 17.6 Å². The molecule has 0 fully saturated rings. The molecule has 1 unspecified atom stereocenters. The number of rotatable bonds is 6. The minimum Gasteiger partial charge on any atom is -0.495 e. The Morgan fingerprint density at radius 3 is 2.72 bits per heavy atom. The van der Waals surface area contributed by atoms with Gasteiger partial charge in [-0.05, 0) is 30.5 Å². The number of esters is 1. The van der Waals surface area contributed by atoms with E-state index in [0.717, 1.165) is 5.56 Å². The Morgan fingerprint density at radius 1 is 1.44 bits per heavy atom. The predicted molar refractivity (Wildman–Crippen MR) is 70.9 cm³/mol. The van der Waals surface area contributed by atoms with Crippen LogP contribution in [-0.2, 0) is 16.0 Å². The zero-order valence-electron chi connectivity index (χ0n) is 10.6. The average Bonchev–Trinajstić information content (AvgIpc) is 2.36. The summed E-state index contributed by atoms with van der Waals surface area (Å²) in [7, 11) is 2.94. The molecule has 0 aliphatic carbocycles. The van der Waals surface area contributed by atoms with Gasteiger partial charge >= 0.3 is 5.97 Å². The van der Waals surface area contributed by atoms with Crippen molar-refractivity contribution in [3.8, 4) is 5.75 Å². The van der Waals surface area contributed by atoms with Crippen LogP contribution in [0.15, 0.2) is 18.2 Å². The van der Waals surface area contributed by atoms with E-state index in [2.05, 4.69) is 4.74 Å². The maximum Gasteiger partial charge on any atom is 0.305 e. The number of carbonyl (C=O) groups excluding carboxylic acids is 1. The molecule has 1 aromatic carbocycles. The van der Waals surface area contributed by atoms with Gasteiger partial charge in [0, 0.05) is 12.5 Å². The third kappa shape index (κ3) is 4.55. The molecule has 1 aromatic rings. The highest BCUT2D eigenvalue weighted by Gasteiger charge is 2.09. The number of benzene rings is 1. The van der Waals surface area contributed by atoms with Crippen LogP contribution in [0, 0.1) is 0 Å². The lowest BCUT2D eigenvalue weighted by Gasteiger charge is -2.12. The standard InChI is InChI=1S/C13H18ClNO3/c1-17-12-5-3-9(8-11(12)14)7-10(15)4-6-13(16)18-2/h3,5,8,10H,4,6-7,15H2,1-2H3. The molecule has 0 heterocycles. The fourth-order valence-electron chi connectivity index (χ4n) is 1.65. The van der Waals surface area contributed by atoms with Crippen molar-refractivity contribution in [3.63, 3.8) is 0 Å². The fraction of sp³-hybridized carbons (Fsp3) is 0.462. The Bertz CT molecular complexity index is 409. The quantitative estimate of drug-likeness (QED) is 0.806. The summed E-state index contributed by atoms with van der Waals surface area (Å²) >= 11 is 6.02. The van der Waals surface area contributed by atoms with Gasteiger partial charge in [-0.3, -0.25) is 4.79 Å². The van der Waals surface area contributed by atoms with Gasteiger partial charge in [0.25, 0.3) is 0 Å². The zero-order valence-corrected chi connectivity index (χ0v) is 11.4. The van der Waals surface area contributed by atoms with Gasteiger partial charge < -0.3 is 15.2 Å². The van der Waals surface area contributed by atoms with Crippen LogP contribution in [0.3, 0.4) is 0 Å². The average molecular weight is 272 g/mol. The van der Waals surface area contributed by atoms with Gasteiger partial charge in [0.05, 0.1) is 19.2 Å². The summed E-state index contributed by atoms with van der Waals surface area (Å²) < 4.78 is 9.64. The minimum absolute atomic E-state index is 0.0893. The Labute approximate surface area is 112 Å². The largest absolute Gasteiger partial charge is 0.495 e. The lowest BCUT2D eigenvalue weighted by molar-refractivity contribution is -0.140. The second-order valence-electron chi connectivity index (χ2n) is 4.05. The third-order valence-electron chi connectivity index (χ3n) is 2.66. The first kappa shape index (κ1) is 14.8. The van der Waals surface area contributed by atoms with Gasteiger partial charge in [-0.1, -0.05) is 17.7 Å². The van der Waals surface area contributed by atoms with Crippen LogP contribution in [0.5, 0.6) is 5.75 Å². The summed E-state index contributed by atoms with van der Waals surface area (Å²) in [5.74, 6) is 0.404. The van der Waals surface area contributed by atoms with Crippen molar-refractivity contribution in [2.45, 2.75) is 25.3 Å². The second-order valence-corrected chi connectivity index (χ2v) is 4.46. The first-order valence-corrected chi connectivity index (χ1v) is 6.09. The monoisotopic (exact) mass is 271 g/mol.